The third-order valence-corrected chi connectivity index (χ3v) is 4.77. The molecule has 0 saturated heterocycles. The van der Waals surface area contributed by atoms with E-state index in [-0.39, 0.29) is 5.41 Å². The van der Waals surface area contributed by atoms with Gasteiger partial charge in [-0.15, -0.1) is 0 Å². The largest absolute Gasteiger partial charge is 0.240 e. The standard InChI is InChI=1S/C17H21NO/c1-17(2,3)15-8-7-13-14(15)9-11-5-4-6-12(11)16(13)18-10-19/h9,15H,4-8H2,1-3H3. The quantitative estimate of drug-likeness (QED) is 0.545. The second-order valence-electron chi connectivity index (χ2n) is 6.94. The van der Waals surface area contributed by atoms with Crippen molar-refractivity contribution in [1.82, 2.24) is 0 Å². The van der Waals surface area contributed by atoms with Gasteiger partial charge in [-0.3, -0.25) is 0 Å². The zero-order valence-electron chi connectivity index (χ0n) is 12.0. The van der Waals surface area contributed by atoms with Crippen molar-refractivity contribution in [3.05, 3.63) is 28.3 Å². The third-order valence-electron chi connectivity index (χ3n) is 4.77. The fourth-order valence-electron chi connectivity index (χ4n) is 3.89. The maximum atomic E-state index is 10.8. The van der Waals surface area contributed by atoms with Crippen LogP contribution in [0.25, 0.3) is 0 Å². The van der Waals surface area contributed by atoms with Gasteiger partial charge in [0.2, 0.25) is 6.08 Å². The number of aliphatic imine (C=N–C) groups is 1. The molecule has 0 saturated carbocycles. The van der Waals surface area contributed by atoms with Crippen molar-refractivity contribution in [2.45, 2.75) is 58.8 Å². The molecule has 2 aliphatic carbocycles. The lowest BCUT2D eigenvalue weighted by Gasteiger charge is -2.28. The fraction of sp³-hybridized carbons (Fsp3) is 0.588. The molecule has 1 aromatic carbocycles. The van der Waals surface area contributed by atoms with E-state index in [1.54, 1.807) is 6.08 Å². The summed E-state index contributed by atoms with van der Waals surface area (Å²) in [5.41, 5.74) is 6.75. The molecule has 0 heterocycles. The molecule has 0 fully saturated rings. The van der Waals surface area contributed by atoms with Gasteiger partial charge in [-0.25, -0.2) is 4.79 Å². The Labute approximate surface area is 114 Å². The second kappa shape index (κ2) is 4.31. The lowest BCUT2D eigenvalue weighted by molar-refractivity contribution is 0.319. The molecular formula is C17H21NO. The Morgan fingerprint density at radius 1 is 1.21 bits per heavy atom. The molecule has 2 heteroatoms. The molecule has 0 amide bonds. The molecule has 0 bridgehead atoms. The van der Waals surface area contributed by atoms with Gasteiger partial charge in [0.1, 0.15) is 0 Å². The van der Waals surface area contributed by atoms with Crippen LogP contribution in [0.3, 0.4) is 0 Å². The lowest BCUT2D eigenvalue weighted by atomic mass is 9.77. The van der Waals surface area contributed by atoms with Crippen LogP contribution in [-0.2, 0) is 24.1 Å². The highest BCUT2D eigenvalue weighted by Crippen LogP contribution is 2.50. The first-order valence-corrected chi connectivity index (χ1v) is 7.27. The number of benzene rings is 1. The summed E-state index contributed by atoms with van der Waals surface area (Å²) < 4.78 is 0. The van der Waals surface area contributed by atoms with E-state index in [4.69, 9.17) is 0 Å². The molecule has 0 spiro atoms. The minimum atomic E-state index is 0.278. The molecule has 1 unspecified atom stereocenters. The summed E-state index contributed by atoms with van der Waals surface area (Å²) in [4.78, 5) is 14.8. The SMILES string of the molecule is CC(C)(C)C1CCc2c1cc1c(c2N=C=O)CCC1. The van der Waals surface area contributed by atoms with Crippen molar-refractivity contribution in [1.29, 1.82) is 0 Å². The van der Waals surface area contributed by atoms with E-state index in [1.807, 2.05) is 0 Å². The van der Waals surface area contributed by atoms with Crippen LogP contribution in [0.15, 0.2) is 11.1 Å². The fourth-order valence-corrected chi connectivity index (χ4v) is 3.89. The molecule has 0 N–H and O–H groups in total. The normalized spacial score (nSPS) is 20.9. The number of nitrogens with zero attached hydrogens (tertiary/aromatic N) is 1. The molecule has 100 valence electrons. The van der Waals surface area contributed by atoms with Gasteiger partial charge in [-0.1, -0.05) is 26.8 Å². The van der Waals surface area contributed by atoms with Gasteiger partial charge in [0.05, 0.1) is 5.69 Å². The number of hydrogen-bond acceptors (Lipinski definition) is 2. The van der Waals surface area contributed by atoms with Crippen LogP contribution in [0, 0.1) is 5.41 Å². The highest BCUT2D eigenvalue weighted by Gasteiger charge is 2.35. The van der Waals surface area contributed by atoms with Crippen LogP contribution >= 0.6 is 0 Å². The summed E-state index contributed by atoms with van der Waals surface area (Å²) in [7, 11) is 0. The van der Waals surface area contributed by atoms with E-state index in [9.17, 15) is 4.79 Å². The lowest BCUT2D eigenvalue weighted by Crippen LogP contribution is -2.16. The van der Waals surface area contributed by atoms with Crippen LogP contribution in [-0.4, -0.2) is 6.08 Å². The first kappa shape index (κ1) is 12.6. The van der Waals surface area contributed by atoms with Crippen LogP contribution in [0.2, 0.25) is 0 Å². The highest BCUT2D eigenvalue weighted by atomic mass is 16.1. The Kier molecular flexibility index (Phi) is 2.87. The summed E-state index contributed by atoms with van der Waals surface area (Å²) in [6, 6.07) is 2.41. The number of fused-ring (bicyclic) bond motifs is 2. The van der Waals surface area contributed by atoms with Crippen molar-refractivity contribution in [3.63, 3.8) is 0 Å². The molecule has 0 aliphatic heterocycles. The molecule has 3 rings (SSSR count). The number of carbonyl (C=O) groups excluding carboxylic acids is 1. The number of rotatable bonds is 1. The smallest absolute Gasteiger partial charge is 0.211 e. The summed E-state index contributed by atoms with van der Waals surface area (Å²) >= 11 is 0. The van der Waals surface area contributed by atoms with Crippen molar-refractivity contribution in [2.24, 2.45) is 10.4 Å². The van der Waals surface area contributed by atoms with Gasteiger partial charge in [0.25, 0.3) is 0 Å². The van der Waals surface area contributed by atoms with Crippen molar-refractivity contribution >= 4 is 11.8 Å². The monoisotopic (exact) mass is 255 g/mol. The van der Waals surface area contributed by atoms with E-state index in [1.165, 1.54) is 35.1 Å². The Balaban J connectivity index is 2.21. The van der Waals surface area contributed by atoms with Crippen LogP contribution in [0.1, 0.15) is 61.8 Å². The summed E-state index contributed by atoms with van der Waals surface area (Å²) in [6.07, 6.45) is 7.42. The summed E-state index contributed by atoms with van der Waals surface area (Å²) in [5, 5.41) is 0. The molecule has 1 aromatic rings. The Morgan fingerprint density at radius 2 is 2.00 bits per heavy atom. The minimum Gasteiger partial charge on any atom is -0.211 e. The molecule has 2 nitrogen and oxygen atoms in total. The van der Waals surface area contributed by atoms with Crippen LogP contribution in [0.4, 0.5) is 5.69 Å². The van der Waals surface area contributed by atoms with Gasteiger partial charge in [0.15, 0.2) is 0 Å². The minimum absolute atomic E-state index is 0.278. The van der Waals surface area contributed by atoms with Gasteiger partial charge in [-0.2, -0.15) is 4.99 Å². The average molecular weight is 255 g/mol. The third kappa shape index (κ3) is 1.95. The van der Waals surface area contributed by atoms with Crippen molar-refractivity contribution in [2.75, 3.05) is 0 Å². The van der Waals surface area contributed by atoms with Crippen LogP contribution < -0.4 is 0 Å². The van der Waals surface area contributed by atoms with Gasteiger partial charge in [-0.05, 0) is 65.7 Å². The molecular weight excluding hydrogens is 234 g/mol. The van der Waals surface area contributed by atoms with Gasteiger partial charge < -0.3 is 0 Å². The second-order valence-corrected chi connectivity index (χ2v) is 6.94. The Bertz CT molecular complexity index is 574. The summed E-state index contributed by atoms with van der Waals surface area (Å²) in [5.74, 6) is 0.592. The Hall–Kier alpha value is -1.40. The zero-order chi connectivity index (χ0) is 13.6. The van der Waals surface area contributed by atoms with E-state index in [0.717, 1.165) is 24.9 Å². The first-order chi connectivity index (χ1) is 9.02. The van der Waals surface area contributed by atoms with Gasteiger partial charge >= 0.3 is 0 Å². The number of aryl methyl sites for hydroxylation is 1. The number of hydrogen-bond donors (Lipinski definition) is 0. The predicted molar refractivity (Wildman–Crippen MR) is 76.8 cm³/mol. The van der Waals surface area contributed by atoms with E-state index >= 15 is 0 Å². The summed E-state index contributed by atoms with van der Waals surface area (Å²) in [6.45, 7) is 6.92. The van der Waals surface area contributed by atoms with Crippen molar-refractivity contribution < 1.29 is 4.79 Å². The van der Waals surface area contributed by atoms with E-state index in [0.29, 0.717) is 5.92 Å². The van der Waals surface area contributed by atoms with E-state index in [2.05, 4.69) is 31.8 Å². The molecule has 0 radical (unpaired) electrons. The molecule has 19 heavy (non-hydrogen) atoms. The predicted octanol–water partition coefficient (Wildman–Crippen LogP) is 4.22. The topological polar surface area (TPSA) is 29.4 Å². The Morgan fingerprint density at radius 3 is 2.68 bits per heavy atom. The first-order valence-electron chi connectivity index (χ1n) is 7.27. The van der Waals surface area contributed by atoms with E-state index < -0.39 is 0 Å². The molecule has 0 aromatic heterocycles. The molecule has 2 aliphatic rings. The number of isocyanates is 1. The molecule has 1 atom stereocenters. The highest BCUT2D eigenvalue weighted by molar-refractivity contribution is 5.66. The zero-order valence-corrected chi connectivity index (χ0v) is 12.0. The maximum Gasteiger partial charge on any atom is 0.240 e. The maximum absolute atomic E-state index is 10.8. The van der Waals surface area contributed by atoms with Crippen LogP contribution in [0.5, 0.6) is 0 Å². The average Bonchev–Trinajstić information content (AvgIpc) is 2.93. The van der Waals surface area contributed by atoms with Crippen molar-refractivity contribution in [3.8, 4) is 0 Å². The van der Waals surface area contributed by atoms with Gasteiger partial charge in [0, 0.05) is 0 Å².